The molecule has 2 amide bonds. The predicted molar refractivity (Wildman–Crippen MR) is 112 cm³/mol. The van der Waals surface area contributed by atoms with E-state index in [2.05, 4.69) is 10.3 Å². The fourth-order valence-corrected chi connectivity index (χ4v) is 4.09. The van der Waals surface area contributed by atoms with Crippen molar-refractivity contribution in [2.24, 2.45) is 5.92 Å². The van der Waals surface area contributed by atoms with Gasteiger partial charge < -0.3 is 14.4 Å². The molecule has 0 saturated heterocycles. The first-order valence-electron chi connectivity index (χ1n) is 9.73. The molecule has 1 aliphatic heterocycles. The third kappa shape index (κ3) is 5.47. The second-order valence-corrected chi connectivity index (χ2v) is 8.56. The van der Waals surface area contributed by atoms with Gasteiger partial charge in [0, 0.05) is 24.3 Å². The van der Waals surface area contributed by atoms with Gasteiger partial charge in [0.25, 0.3) is 5.91 Å². The second kappa shape index (κ2) is 9.26. The molecule has 1 aromatic heterocycles. The molecule has 3 rings (SSSR count). The Kier molecular flexibility index (Phi) is 6.74. The van der Waals surface area contributed by atoms with Gasteiger partial charge in [0.2, 0.25) is 5.91 Å². The summed E-state index contributed by atoms with van der Waals surface area (Å²) in [5.74, 6) is 1.56. The fourth-order valence-electron chi connectivity index (χ4n) is 3.06. The van der Waals surface area contributed by atoms with Gasteiger partial charge in [-0.2, -0.15) is 0 Å². The number of nitrogens with one attached hydrogen (secondary N) is 1. The van der Waals surface area contributed by atoms with Crippen LogP contribution in [0.2, 0.25) is 0 Å². The first kappa shape index (κ1) is 21.1. The molecule has 29 heavy (non-hydrogen) atoms. The number of hydrogen-bond donors (Lipinski definition) is 1. The number of fused-ring (bicyclic) bond motifs is 1. The maximum absolute atomic E-state index is 12.5. The highest BCUT2D eigenvalue weighted by Crippen LogP contribution is 2.29. The normalized spacial score (nSPS) is 14.3. The van der Waals surface area contributed by atoms with Crippen molar-refractivity contribution in [1.29, 1.82) is 0 Å². The van der Waals surface area contributed by atoms with Crippen LogP contribution in [0.5, 0.6) is 11.5 Å². The highest BCUT2D eigenvalue weighted by Gasteiger charge is 2.25. The van der Waals surface area contributed by atoms with Gasteiger partial charge in [0.15, 0.2) is 11.2 Å². The highest BCUT2D eigenvalue weighted by atomic mass is 32.1. The SMILES string of the molecule is COc1ccc(OC(C)C(=O)Nc2nc3c(s2)CN(C(=O)CC(C)C)CC3)cc1. The second-order valence-electron chi connectivity index (χ2n) is 7.48. The Morgan fingerprint density at radius 1 is 1.21 bits per heavy atom. The molecular weight excluding hydrogens is 390 g/mol. The van der Waals surface area contributed by atoms with Crippen LogP contribution >= 0.6 is 11.3 Å². The molecule has 8 heteroatoms. The molecule has 7 nitrogen and oxygen atoms in total. The zero-order valence-electron chi connectivity index (χ0n) is 17.2. The number of anilines is 1. The molecule has 1 atom stereocenters. The molecule has 2 aromatic rings. The van der Waals surface area contributed by atoms with Crippen LogP contribution in [-0.2, 0) is 22.6 Å². The zero-order valence-corrected chi connectivity index (χ0v) is 18.0. The monoisotopic (exact) mass is 417 g/mol. The average molecular weight is 418 g/mol. The van der Waals surface area contributed by atoms with Gasteiger partial charge in [-0.3, -0.25) is 14.9 Å². The van der Waals surface area contributed by atoms with Crippen molar-refractivity contribution in [1.82, 2.24) is 9.88 Å². The van der Waals surface area contributed by atoms with Crippen molar-refractivity contribution in [3.8, 4) is 11.5 Å². The van der Waals surface area contributed by atoms with Gasteiger partial charge >= 0.3 is 0 Å². The lowest BCUT2D eigenvalue weighted by Crippen LogP contribution is -2.36. The summed E-state index contributed by atoms with van der Waals surface area (Å²) >= 11 is 1.42. The molecule has 0 aliphatic carbocycles. The van der Waals surface area contributed by atoms with Crippen LogP contribution in [0.15, 0.2) is 24.3 Å². The maximum atomic E-state index is 12.5. The molecule has 0 bridgehead atoms. The van der Waals surface area contributed by atoms with Gasteiger partial charge in [0.05, 0.1) is 19.3 Å². The third-order valence-electron chi connectivity index (χ3n) is 4.64. The molecule has 1 N–H and O–H groups in total. The van der Waals surface area contributed by atoms with Crippen molar-refractivity contribution in [3.63, 3.8) is 0 Å². The van der Waals surface area contributed by atoms with Gasteiger partial charge in [-0.1, -0.05) is 25.2 Å². The number of aromatic nitrogens is 1. The Morgan fingerprint density at radius 2 is 1.90 bits per heavy atom. The molecule has 0 saturated carbocycles. The average Bonchev–Trinajstić information content (AvgIpc) is 3.09. The molecule has 1 unspecified atom stereocenters. The molecule has 0 radical (unpaired) electrons. The van der Waals surface area contributed by atoms with Crippen molar-refractivity contribution in [2.75, 3.05) is 19.0 Å². The number of amides is 2. The smallest absolute Gasteiger partial charge is 0.266 e. The first-order valence-corrected chi connectivity index (χ1v) is 10.5. The molecule has 0 spiro atoms. The van der Waals surface area contributed by atoms with Crippen molar-refractivity contribution < 1.29 is 19.1 Å². The minimum atomic E-state index is -0.673. The number of carbonyl (C=O) groups is 2. The van der Waals surface area contributed by atoms with Crippen molar-refractivity contribution in [2.45, 2.75) is 46.3 Å². The maximum Gasteiger partial charge on any atom is 0.266 e. The number of benzene rings is 1. The molecule has 156 valence electrons. The van der Waals surface area contributed by atoms with E-state index in [4.69, 9.17) is 9.47 Å². The van der Waals surface area contributed by atoms with E-state index >= 15 is 0 Å². The summed E-state index contributed by atoms with van der Waals surface area (Å²) in [6.07, 6.45) is 0.593. The van der Waals surface area contributed by atoms with E-state index < -0.39 is 6.10 Å². The molecule has 1 aromatic carbocycles. The van der Waals surface area contributed by atoms with Gasteiger partial charge in [-0.05, 0) is 37.1 Å². The lowest BCUT2D eigenvalue weighted by Gasteiger charge is -2.26. The first-order chi connectivity index (χ1) is 13.9. The van der Waals surface area contributed by atoms with Crippen LogP contribution in [-0.4, -0.2) is 41.5 Å². The van der Waals surface area contributed by atoms with Gasteiger partial charge in [-0.15, -0.1) is 0 Å². The fraction of sp³-hybridized carbons (Fsp3) is 0.476. The van der Waals surface area contributed by atoms with Crippen molar-refractivity contribution >= 4 is 28.3 Å². The van der Waals surface area contributed by atoms with Gasteiger partial charge in [-0.25, -0.2) is 4.98 Å². The predicted octanol–water partition coefficient (Wildman–Crippen LogP) is 3.49. The van der Waals surface area contributed by atoms with E-state index in [0.29, 0.717) is 42.7 Å². The Morgan fingerprint density at radius 3 is 2.55 bits per heavy atom. The van der Waals surface area contributed by atoms with E-state index in [1.807, 2.05) is 18.7 Å². The van der Waals surface area contributed by atoms with E-state index in [1.54, 1.807) is 38.3 Å². The summed E-state index contributed by atoms with van der Waals surface area (Å²) in [6, 6.07) is 7.07. The zero-order chi connectivity index (χ0) is 21.0. The molecule has 1 aliphatic rings. The summed E-state index contributed by atoms with van der Waals surface area (Å²) in [7, 11) is 1.60. The standard InChI is InChI=1S/C21H27N3O4S/c1-13(2)11-19(25)24-10-9-17-18(12-24)29-21(22-17)23-20(26)14(3)28-16-7-5-15(27-4)6-8-16/h5-8,13-14H,9-12H2,1-4H3,(H,22,23,26). The Labute approximate surface area is 175 Å². The van der Waals surface area contributed by atoms with E-state index in [9.17, 15) is 9.59 Å². The summed E-state index contributed by atoms with van der Waals surface area (Å²) in [5, 5.41) is 3.38. The molecule has 2 heterocycles. The van der Waals surface area contributed by atoms with Crippen LogP contribution < -0.4 is 14.8 Å². The van der Waals surface area contributed by atoms with E-state index in [0.717, 1.165) is 16.3 Å². The lowest BCUT2D eigenvalue weighted by molar-refractivity contribution is -0.132. The Hall–Kier alpha value is -2.61. The van der Waals surface area contributed by atoms with Crippen LogP contribution in [0.3, 0.4) is 0 Å². The number of rotatable bonds is 7. The number of methoxy groups -OCH3 is 1. The van der Waals surface area contributed by atoms with Crippen LogP contribution in [0, 0.1) is 5.92 Å². The molecule has 0 fully saturated rings. The number of thiazole rings is 1. The quantitative estimate of drug-likeness (QED) is 0.746. The topological polar surface area (TPSA) is 80.8 Å². The highest BCUT2D eigenvalue weighted by molar-refractivity contribution is 7.15. The van der Waals surface area contributed by atoms with Gasteiger partial charge in [0.1, 0.15) is 11.5 Å². The van der Waals surface area contributed by atoms with Crippen molar-refractivity contribution in [3.05, 3.63) is 34.8 Å². The van der Waals surface area contributed by atoms with E-state index in [1.165, 1.54) is 11.3 Å². The summed E-state index contributed by atoms with van der Waals surface area (Å²) in [5.41, 5.74) is 0.961. The summed E-state index contributed by atoms with van der Waals surface area (Å²) in [6.45, 7) is 7.02. The third-order valence-corrected chi connectivity index (χ3v) is 5.64. The van der Waals surface area contributed by atoms with Crippen LogP contribution in [0.4, 0.5) is 5.13 Å². The summed E-state index contributed by atoms with van der Waals surface area (Å²) < 4.78 is 10.8. The Bertz CT molecular complexity index is 863. The number of carbonyl (C=O) groups excluding carboxylic acids is 2. The van der Waals surface area contributed by atoms with Crippen LogP contribution in [0.1, 0.15) is 37.8 Å². The minimum absolute atomic E-state index is 0.172. The van der Waals surface area contributed by atoms with Crippen LogP contribution in [0.25, 0.3) is 0 Å². The Balaban J connectivity index is 1.57. The number of nitrogens with zero attached hydrogens (tertiary/aromatic N) is 2. The van der Waals surface area contributed by atoms with E-state index in [-0.39, 0.29) is 11.8 Å². The summed E-state index contributed by atoms with van der Waals surface area (Å²) in [4.78, 5) is 32.3. The lowest BCUT2D eigenvalue weighted by atomic mass is 10.1. The number of ether oxygens (including phenoxy) is 2. The largest absolute Gasteiger partial charge is 0.497 e. The minimum Gasteiger partial charge on any atom is -0.497 e. The number of hydrogen-bond acceptors (Lipinski definition) is 6. The molecular formula is C21H27N3O4S.